The lowest BCUT2D eigenvalue weighted by molar-refractivity contribution is 0.414. The minimum absolute atomic E-state index is 0.822. The number of hydrogen-bond donors (Lipinski definition) is 2. The van der Waals surface area contributed by atoms with Crippen molar-refractivity contribution in [3.8, 4) is 5.75 Å². The number of nitrogens with one attached hydrogen (secondary N) is 2. The number of guanidine groups is 1. The van der Waals surface area contributed by atoms with Crippen LogP contribution < -0.4 is 15.4 Å². The van der Waals surface area contributed by atoms with Crippen LogP contribution in [0.4, 0.5) is 0 Å². The zero-order chi connectivity index (χ0) is 17.4. The summed E-state index contributed by atoms with van der Waals surface area (Å²) in [5.41, 5.74) is 2.38. The fourth-order valence-corrected chi connectivity index (χ4v) is 3.24. The molecule has 1 heterocycles. The fourth-order valence-electron chi connectivity index (χ4n) is 2.31. The summed E-state index contributed by atoms with van der Waals surface area (Å²) in [4.78, 5) is 10.1. The Kier molecular flexibility index (Phi) is 7.06. The predicted octanol–water partition coefficient (Wildman–Crippen LogP) is 2.72. The van der Waals surface area contributed by atoms with Crippen LogP contribution in [0.25, 0.3) is 0 Å². The Morgan fingerprint density at radius 2 is 1.96 bits per heavy atom. The van der Waals surface area contributed by atoms with Crippen LogP contribution in [-0.2, 0) is 12.8 Å². The number of aliphatic imine (C=N–C) groups is 1. The van der Waals surface area contributed by atoms with Crippen LogP contribution in [0.2, 0.25) is 0 Å². The number of rotatable bonds is 7. The molecule has 0 radical (unpaired) electrons. The Hall–Kier alpha value is -2.08. The number of ether oxygens (including phenoxy) is 1. The molecule has 0 fully saturated rings. The summed E-state index contributed by atoms with van der Waals surface area (Å²) in [6.45, 7) is 5.82. The maximum absolute atomic E-state index is 5.25. The van der Waals surface area contributed by atoms with E-state index < -0.39 is 0 Å². The quantitative estimate of drug-likeness (QED) is 0.598. The van der Waals surface area contributed by atoms with E-state index in [1.54, 1.807) is 25.5 Å². The number of thiazole rings is 1. The van der Waals surface area contributed by atoms with E-state index in [9.17, 15) is 0 Å². The zero-order valence-electron chi connectivity index (χ0n) is 14.8. The van der Waals surface area contributed by atoms with Crippen LogP contribution in [0.5, 0.6) is 5.75 Å². The molecule has 5 nitrogen and oxygen atoms in total. The predicted molar refractivity (Wildman–Crippen MR) is 101 cm³/mol. The Labute approximate surface area is 148 Å². The van der Waals surface area contributed by atoms with Crippen LogP contribution in [0.3, 0.4) is 0 Å². The van der Waals surface area contributed by atoms with Crippen LogP contribution in [0.1, 0.15) is 21.1 Å². The van der Waals surface area contributed by atoms with Crippen molar-refractivity contribution >= 4 is 17.3 Å². The molecule has 0 saturated carbocycles. The van der Waals surface area contributed by atoms with Crippen molar-refractivity contribution in [2.45, 2.75) is 26.7 Å². The standard InChI is InChI=1S/C18H26N4OS/c1-13-14(2)24-17(22-13)9-11-21-18(19-3)20-10-8-15-6-5-7-16(12-15)23-4/h5-7,12H,8-11H2,1-4H3,(H2,19,20,21). The summed E-state index contributed by atoms with van der Waals surface area (Å²) >= 11 is 1.77. The van der Waals surface area contributed by atoms with E-state index in [4.69, 9.17) is 4.74 Å². The van der Waals surface area contributed by atoms with Crippen molar-refractivity contribution in [3.05, 3.63) is 45.4 Å². The van der Waals surface area contributed by atoms with Gasteiger partial charge in [0.15, 0.2) is 5.96 Å². The van der Waals surface area contributed by atoms with E-state index in [2.05, 4.69) is 46.6 Å². The Morgan fingerprint density at radius 3 is 2.58 bits per heavy atom. The minimum Gasteiger partial charge on any atom is -0.497 e. The second-order valence-corrected chi connectivity index (χ2v) is 6.81. The van der Waals surface area contributed by atoms with Crippen LogP contribution in [0, 0.1) is 13.8 Å². The fraction of sp³-hybridized carbons (Fsp3) is 0.444. The molecule has 1 aromatic carbocycles. The van der Waals surface area contributed by atoms with Gasteiger partial charge in [-0.25, -0.2) is 4.98 Å². The van der Waals surface area contributed by atoms with Crippen molar-refractivity contribution in [3.63, 3.8) is 0 Å². The Balaban J connectivity index is 1.72. The van der Waals surface area contributed by atoms with Gasteiger partial charge in [0.1, 0.15) is 5.75 Å². The van der Waals surface area contributed by atoms with Gasteiger partial charge < -0.3 is 15.4 Å². The molecule has 0 aliphatic heterocycles. The summed E-state index contributed by atoms with van der Waals surface area (Å²) in [6, 6.07) is 8.14. The summed E-state index contributed by atoms with van der Waals surface area (Å²) < 4.78 is 5.25. The average Bonchev–Trinajstić information content (AvgIpc) is 2.91. The van der Waals surface area contributed by atoms with E-state index >= 15 is 0 Å². The van der Waals surface area contributed by atoms with E-state index in [1.807, 2.05) is 12.1 Å². The van der Waals surface area contributed by atoms with Crippen molar-refractivity contribution < 1.29 is 4.74 Å². The number of aromatic nitrogens is 1. The van der Waals surface area contributed by atoms with Gasteiger partial charge in [-0.1, -0.05) is 12.1 Å². The second kappa shape index (κ2) is 9.27. The lowest BCUT2D eigenvalue weighted by Gasteiger charge is -2.11. The second-order valence-electron chi connectivity index (χ2n) is 5.53. The Morgan fingerprint density at radius 1 is 1.21 bits per heavy atom. The molecule has 0 saturated heterocycles. The third-order valence-corrected chi connectivity index (χ3v) is 4.90. The molecule has 2 aromatic rings. The Bertz CT molecular complexity index is 662. The molecular formula is C18H26N4OS. The van der Waals surface area contributed by atoms with Gasteiger partial charge in [0.25, 0.3) is 0 Å². The number of methoxy groups -OCH3 is 1. The van der Waals surface area contributed by atoms with Crippen LogP contribution in [0.15, 0.2) is 29.3 Å². The first kappa shape index (κ1) is 18.3. The van der Waals surface area contributed by atoms with Gasteiger partial charge in [0.05, 0.1) is 17.8 Å². The number of aryl methyl sites for hydroxylation is 2. The van der Waals surface area contributed by atoms with Crippen LogP contribution >= 0.6 is 11.3 Å². The average molecular weight is 347 g/mol. The summed E-state index contributed by atoms with van der Waals surface area (Å²) in [6.07, 6.45) is 1.83. The van der Waals surface area contributed by atoms with Crippen molar-refractivity contribution in [1.29, 1.82) is 0 Å². The van der Waals surface area contributed by atoms with Crippen LogP contribution in [-0.4, -0.2) is 38.2 Å². The van der Waals surface area contributed by atoms with Crippen molar-refractivity contribution in [2.24, 2.45) is 4.99 Å². The molecule has 2 rings (SSSR count). The highest BCUT2D eigenvalue weighted by Gasteiger charge is 2.04. The maximum Gasteiger partial charge on any atom is 0.191 e. The zero-order valence-corrected chi connectivity index (χ0v) is 15.7. The number of benzene rings is 1. The molecule has 6 heteroatoms. The number of hydrogen-bond acceptors (Lipinski definition) is 4. The third-order valence-electron chi connectivity index (χ3n) is 3.77. The molecule has 0 bridgehead atoms. The largest absolute Gasteiger partial charge is 0.497 e. The SMILES string of the molecule is CN=C(NCCc1cccc(OC)c1)NCCc1nc(C)c(C)s1. The normalized spacial score (nSPS) is 11.4. The van der Waals surface area contributed by atoms with Crippen molar-refractivity contribution in [2.75, 3.05) is 27.2 Å². The highest BCUT2D eigenvalue weighted by molar-refractivity contribution is 7.11. The molecule has 0 atom stereocenters. The summed E-state index contributed by atoms with van der Waals surface area (Å²) in [7, 11) is 3.48. The molecule has 0 spiro atoms. The molecule has 130 valence electrons. The van der Waals surface area contributed by atoms with Gasteiger partial charge in [0.2, 0.25) is 0 Å². The highest BCUT2D eigenvalue weighted by atomic mass is 32.1. The molecule has 0 aliphatic rings. The summed E-state index contributed by atoms with van der Waals surface area (Å²) in [5, 5.41) is 7.85. The van der Waals surface area contributed by atoms with E-state index in [0.29, 0.717) is 0 Å². The lowest BCUT2D eigenvalue weighted by Crippen LogP contribution is -2.39. The van der Waals surface area contributed by atoms with Gasteiger partial charge in [-0.15, -0.1) is 11.3 Å². The third kappa shape index (κ3) is 5.53. The van der Waals surface area contributed by atoms with Gasteiger partial charge in [-0.2, -0.15) is 0 Å². The van der Waals surface area contributed by atoms with E-state index in [1.165, 1.54) is 15.4 Å². The molecule has 0 aliphatic carbocycles. The van der Waals surface area contributed by atoms with Gasteiger partial charge in [-0.05, 0) is 38.0 Å². The van der Waals surface area contributed by atoms with Crippen molar-refractivity contribution in [1.82, 2.24) is 15.6 Å². The molecule has 0 amide bonds. The maximum atomic E-state index is 5.25. The molecular weight excluding hydrogens is 320 g/mol. The smallest absolute Gasteiger partial charge is 0.191 e. The number of nitrogens with zero attached hydrogens (tertiary/aromatic N) is 2. The van der Waals surface area contributed by atoms with Gasteiger partial charge >= 0.3 is 0 Å². The van der Waals surface area contributed by atoms with E-state index in [-0.39, 0.29) is 0 Å². The minimum atomic E-state index is 0.822. The molecule has 24 heavy (non-hydrogen) atoms. The lowest BCUT2D eigenvalue weighted by atomic mass is 10.1. The highest BCUT2D eigenvalue weighted by Crippen LogP contribution is 2.16. The topological polar surface area (TPSA) is 58.5 Å². The molecule has 0 unspecified atom stereocenters. The first-order valence-corrected chi connectivity index (χ1v) is 8.94. The van der Waals surface area contributed by atoms with Gasteiger partial charge in [0, 0.05) is 31.4 Å². The first-order chi connectivity index (χ1) is 11.6. The molecule has 1 aromatic heterocycles. The van der Waals surface area contributed by atoms with E-state index in [0.717, 1.165) is 43.3 Å². The molecule has 2 N–H and O–H groups in total. The summed E-state index contributed by atoms with van der Waals surface area (Å²) in [5.74, 6) is 1.71. The van der Waals surface area contributed by atoms with Gasteiger partial charge in [-0.3, -0.25) is 4.99 Å². The first-order valence-electron chi connectivity index (χ1n) is 8.12. The monoisotopic (exact) mass is 346 g/mol.